The molecule has 0 aliphatic carbocycles. The van der Waals surface area contributed by atoms with Gasteiger partial charge in [-0.3, -0.25) is 10.1 Å². The summed E-state index contributed by atoms with van der Waals surface area (Å²) in [4.78, 5) is 10.8. The lowest BCUT2D eigenvalue weighted by Gasteiger charge is -2.10. The number of nitrogens with zero attached hydrogens (tertiary/aromatic N) is 1. The summed E-state index contributed by atoms with van der Waals surface area (Å²) in [5.41, 5.74) is 8.43. The van der Waals surface area contributed by atoms with E-state index in [9.17, 15) is 10.1 Å². The van der Waals surface area contributed by atoms with E-state index in [0.717, 1.165) is 5.56 Å². The van der Waals surface area contributed by atoms with E-state index in [0.29, 0.717) is 28.3 Å². The fourth-order valence-electron chi connectivity index (χ4n) is 2.21. The zero-order chi connectivity index (χ0) is 17.0. The number of hydrogen-bond acceptors (Lipinski definition) is 5. The van der Waals surface area contributed by atoms with Gasteiger partial charge in [-0.25, -0.2) is 0 Å². The second-order valence-electron chi connectivity index (χ2n) is 4.99. The van der Waals surface area contributed by atoms with E-state index in [-0.39, 0.29) is 5.69 Å². The normalized spacial score (nSPS) is 10.7. The second-order valence-corrected chi connectivity index (χ2v) is 4.99. The van der Waals surface area contributed by atoms with Crippen molar-refractivity contribution in [2.45, 2.75) is 6.92 Å². The van der Waals surface area contributed by atoms with Crippen LogP contribution in [-0.2, 0) is 0 Å². The number of nitrogens with two attached hydrogens (primary N) is 1. The maximum Gasteiger partial charge on any atom is 0.276 e. The van der Waals surface area contributed by atoms with Crippen molar-refractivity contribution >= 4 is 23.5 Å². The highest BCUT2D eigenvalue weighted by Crippen LogP contribution is 2.32. The molecule has 0 aliphatic heterocycles. The third kappa shape index (κ3) is 3.60. The van der Waals surface area contributed by atoms with Gasteiger partial charge in [0.1, 0.15) is 11.5 Å². The molecular formula is C17H18N2O4. The van der Waals surface area contributed by atoms with E-state index < -0.39 is 4.92 Å². The molecule has 120 valence electrons. The van der Waals surface area contributed by atoms with Crippen LogP contribution >= 0.6 is 0 Å². The Morgan fingerprint density at radius 2 is 1.70 bits per heavy atom. The molecule has 0 spiro atoms. The molecule has 0 saturated carbocycles. The predicted molar refractivity (Wildman–Crippen MR) is 90.7 cm³/mol. The maximum absolute atomic E-state index is 11.2. The minimum atomic E-state index is -0.395. The van der Waals surface area contributed by atoms with Gasteiger partial charge in [0, 0.05) is 17.7 Å². The van der Waals surface area contributed by atoms with Crippen molar-refractivity contribution in [2.24, 2.45) is 0 Å². The first kappa shape index (κ1) is 16.4. The summed E-state index contributed by atoms with van der Waals surface area (Å²) < 4.78 is 10.5. The van der Waals surface area contributed by atoms with Crippen LogP contribution in [0.25, 0.3) is 12.2 Å². The Labute approximate surface area is 134 Å². The summed E-state index contributed by atoms with van der Waals surface area (Å²) in [6.45, 7) is 1.81. The highest BCUT2D eigenvalue weighted by molar-refractivity contribution is 5.78. The number of aryl methyl sites for hydroxylation is 1. The van der Waals surface area contributed by atoms with E-state index in [2.05, 4.69) is 0 Å². The number of hydrogen-bond donors (Lipinski definition) is 1. The SMILES string of the molecule is COc1cc(/C=C/c2ccc(C)cc2[N+](=O)[O-])c(OC)cc1N. The molecular weight excluding hydrogens is 296 g/mol. The van der Waals surface area contributed by atoms with Gasteiger partial charge in [-0.05, 0) is 30.7 Å². The topological polar surface area (TPSA) is 87.6 Å². The van der Waals surface area contributed by atoms with Gasteiger partial charge >= 0.3 is 0 Å². The second kappa shape index (κ2) is 6.83. The van der Waals surface area contributed by atoms with Crippen molar-refractivity contribution in [1.82, 2.24) is 0 Å². The molecule has 0 fully saturated rings. The van der Waals surface area contributed by atoms with Crippen LogP contribution in [0.2, 0.25) is 0 Å². The van der Waals surface area contributed by atoms with Gasteiger partial charge < -0.3 is 15.2 Å². The molecule has 23 heavy (non-hydrogen) atoms. The largest absolute Gasteiger partial charge is 0.496 e. The van der Waals surface area contributed by atoms with Crippen molar-refractivity contribution in [3.05, 3.63) is 57.1 Å². The molecule has 2 N–H and O–H groups in total. The summed E-state index contributed by atoms with van der Waals surface area (Å²) in [7, 11) is 3.06. The number of ether oxygens (including phenoxy) is 2. The molecule has 6 heteroatoms. The summed E-state index contributed by atoms with van der Waals surface area (Å²) >= 11 is 0. The quantitative estimate of drug-likeness (QED) is 0.394. The van der Waals surface area contributed by atoms with Crippen LogP contribution < -0.4 is 15.2 Å². The van der Waals surface area contributed by atoms with E-state index in [1.54, 1.807) is 36.4 Å². The lowest BCUT2D eigenvalue weighted by atomic mass is 10.1. The van der Waals surface area contributed by atoms with Crippen LogP contribution in [0.1, 0.15) is 16.7 Å². The average molecular weight is 314 g/mol. The van der Waals surface area contributed by atoms with Gasteiger partial charge in [-0.1, -0.05) is 12.1 Å². The molecule has 0 aromatic heterocycles. The van der Waals surface area contributed by atoms with Crippen LogP contribution in [0.5, 0.6) is 11.5 Å². The maximum atomic E-state index is 11.2. The van der Waals surface area contributed by atoms with Crippen molar-refractivity contribution in [2.75, 3.05) is 20.0 Å². The van der Waals surface area contributed by atoms with Crippen LogP contribution in [0, 0.1) is 17.0 Å². The van der Waals surface area contributed by atoms with E-state index >= 15 is 0 Å². The number of rotatable bonds is 5. The first-order valence-electron chi connectivity index (χ1n) is 6.91. The highest BCUT2D eigenvalue weighted by Gasteiger charge is 2.12. The van der Waals surface area contributed by atoms with Crippen LogP contribution in [-0.4, -0.2) is 19.1 Å². The average Bonchev–Trinajstić information content (AvgIpc) is 2.53. The minimum Gasteiger partial charge on any atom is -0.496 e. The molecule has 2 rings (SSSR count). The summed E-state index contributed by atoms with van der Waals surface area (Å²) in [6.07, 6.45) is 3.41. The predicted octanol–water partition coefficient (Wildman–Crippen LogP) is 3.67. The smallest absolute Gasteiger partial charge is 0.276 e. The minimum absolute atomic E-state index is 0.0580. The molecule has 0 atom stereocenters. The standard InChI is InChI=1S/C17H18N2O4/c1-11-4-5-12(15(8-11)19(20)21)6-7-13-9-17(23-3)14(18)10-16(13)22-2/h4-10H,18H2,1-3H3/b7-6+. The molecule has 0 amide bonds. The first-order chi connectivity index (χ1) is 11.0. The molecule has 0 heterocycles. The van der Waals surface area contributed by atoms with Crippen molar-refractivity contribution in [3.63, 3.8) is 0 Å². The van der Waals surface area contributed by atoms with E-state index in [1.165, 1.54) is 14.2 Å². The van der Waals surface area contributed by atoms with Gasteiger partial charge in [-0.2, -0.15) is 0 Å². The zero-order valence-electron chi connectivity index (χ0n) is 13.2. The monoisotopic (exact) mass is 314 g/mol. The van der Waals surface area contributed by atoms with Gasteiger partial charge in [-0.15, -0.1) is 0 Å². The molecule has 2 aromatic carbocycles. The lowest BCUT2D eigenvalue weighted by Crippen LogP contribution is -1.96. The summed E-state index contributed by atoms with van der Waals surface area (Å²) in [5.74, 6) is 1.08. The molecule has 0 unspecified atom stereocenters. The Morgan fingerprint density at radius 3 is 2.30 bits per heavy atom. The number of nitro groups is 1. The number of anilines is 1. The zero-order valence-corrected chi connectivity index (χ0v) is 13.2. The van der Waals surface area contributed by atoms with E-state index in [1.807, 2.05) is 13.0 Å². The Bertz CT molecular complexity index is 769. The number of methoxy groups -OCH3 is 2. The van der Waals surface area contributed by atoms with Crippen molar-refractivity contribution < 1.29 is 14.4 Å². The third-order valence-electron chi connectivity index (χ3n) is 3.41. The number of benzene rings is 2. The molecule has 0 bridgehead atoms. The van der Waals surface area contributed by atoms with Crippen LogP contribution in [0.3, 0.4) is 0 Å². The van der Waals surface area contributed by atoms with Crippen molar-refractivity contribution in [1.29, 1.82) is 0 Å². The summed E-state index contributed by atoms with van der Waals surface area (Å²) in [6, 6.07) is 8.46. The molecule has 0 saturated heterocycles. The molecule has 0 aliphatic rings. The fraction of sp³-hybridized carbons (Fsp3) is 0.176. The Hall–Kier alpha value is -3.02. The molecule has 6 nitrogen and oxygen atoms in total. The van der Waals surface area contributed by atoms with Crippen molar-refractivity contribution in [3.8, 4) is 11.5 Å². The third-order valence-corrected chi connectivity index (χ3v) is 3.41. The van der Waals surface area contributed by atoms with Gasteiger partial charge in [0.05, 0.1) is 30.4 Å². The van der Waals surface area contributed by atoms with Gasteiger partial charge in [0.15, 0.2) is 0 Å². The lowest BCUT2D eigenvalue weighted by molar-refractivity contribution is -0.385. The Morgan fingerprint density at radius 1 is 1.04 bits per heavy atom. The molecule has 0 radical (unpaired) electrons. The fourth-order valence-corrected chi connectivity index (χ4v) is 2.21. The summed E-state index contributed by atoms with van der Waals surface area (Å²) in [5, 5.41) is 11.2. The van der Waals surface area contributed by atoms with Gasteiger partial charge in [0.25, 0.3) is 5.69 Å². The first-order valence-corrected chi connectivity index (χ1v) is 6.91. The highest BCUT2D eigenvalue weighted by atomic mass is 16.6. The number of nitrogen functional groups attached to an aromatic ring is 1. The van der Waals surface area contributed by atoms with E-state index in [4.69, 9.17) is 15.2 Å². The van der Waals surface area contributed by atoms with Gasteiger partial charge in [0.2, 0.25) is 0 Å². The van der Waals surface area contributed by atoms with Crippen LogP contribution in [0.4, 0.5) is 11.4 Å². The Balaban J connectivity index is 2.46. The Kier molecular flexibility index (Phi) is 4.85. The number of nitro benzene ring substituents is 1. The van der Waals surface area contributed by atoms with Crippen LogP contribution in [0.15, 0.2) is 30.3 Å². The molecule has 2 aromatic rings.